The second-order valence-corrected chi connectivity index (χ2v) is 8.45. The van der Waals surface area contributed by atoms with Crippen LogP contribution in [0.5, 0.6) is 11.5 Å². The highest BCUT2D eigenvalue weighted by molar-refractivity contribution is 6.04. The number of hydrogen-bond donors (Lipinski definition) is 1. The van der Waals surface area contributed by atoms with Gasteiger partial charge in [0.25, 0.3) is 5.91 Å². The lowest BCUT2D eigenvalue weighted by molar-refractivity contribution is -0.119. The third-order valence-corrected chi connectivity index (χ3v) is 6.39. The van der Waals surface area contributed by atoms with Crippen molar-refractivity contribution in [3.8, 4) is 11.5 Å². The molecule has 3 aromatic rings. The smallest absolute Gasteiger partial charge is 0.254 e. The van der Waals surface area contributed by atoms with Crippen molar-refractivity contribution in [1.29, 1.82) is 0 Å². The fourth-order valence-corrected chi connectivity index (χ4v) is 4.66. The Hall–Kier alpha value is -3.80. The van der Waals surface area contributed by atoms with E-state index in [4.69, 9.17) is 9.47 Å². The third-order valence-electron chi connectivity index (χ3n) is 6.39. The molecule has 2 atom stereocenters. The van der Waals surface area contributed by atoms with Crippen molar-refractivity contribution in [2.75, 3.05) is 19.5 Å². The van der Waals surface area contributed by atoms with E-state index in [2.05, 4.69) is 5.32 Å². The van der Waals surface area contributed by atoms with Gasteiger partial charge in [-0.25, -0.2) is 0 Å². The first-order valence-corrected chi connectivity index (χ1v) is 11.1. The van der Waals surface area contributed by atoms with Gasteiger partial charge in [-0.3, -0.25) is 9.59 Å². The summed E-state index contributed by atoms with van der Waals surface area (Å²) in [6, 6.07) is 22.1. The molecule has 0 saturated heterocycles. The summed E-state index contributed by atoms with van der Waals surface area (Å²) in [7, 11) is 3.22. The molecular formula is C27H26N2O4. The molecule has 1 aliphatic carbocycles. The van der Waals surface area contributed by atoms with Crippen molar-refractivity contribution in [3.05, 3.63) is 89.5 Å². The zero-order valence-electron chi connectivity index (χ0n) is 18.7. The van der Waals surface area contributed by atoms with Gasteiger partial charge in [0, 0.05) is 17.3 Å². The number of hydrogen-bond acceptors (Lipinski definition) is 4. The average molecular weight is 443 g/mol. The van der Waals surface area contributed by atoms with Gasteiger partial charge in [0.2, 0.25) is 5.91 Å². The number of fused-ring (bicyclic) bond motifs is 1. The maximum atomic E-state index is 13.8. The second kappa shape index (κ2) is 8.62. The first-order chi connectivity index (χ1) is 16.1. The highest BCUT2D eigenvalue weighted by Gasteiger charge is 2.49. The summed E-state index contributed by atoms with van der Waals surface area (Å²) in [6.45, 7) is 0. The maximum Gasteiger partial charge on any atom is 0.254 e. The van der Waals surface area contributed by atoms with Crippen LogP contribution < -0.4 is 14.8 Å². The Labute approximate surface area is 193 Å². The molecule has 5 rings (SSSR count). The van der Waals surface area contributed by atoms with Crippen LogP contribution in [0, 0.1) is 0 Å². The first-order valence-electron chi connectivity index (χ1n) is 11.1. The standard InChI is InChI=1S/C27H26N2O4/c1-32-20-14-10-18(11-15-20)28-26(30)24-22-8-3-4-9-23(22)27(31)29(19-12-13-19)25(24)17-6-5-7-21(16-17)33-2/h3-11,14-16,19,24-25H,12-13H2,1-2H3,(H,28,30)/t24-,25+/m1/s1. The van der Waals surface area contributed by atoms with Crippen LogP contribution in [0.3, 0.4) is 0 Å². The monoisotopic (exact) mass is 442 g/mol. The van der Waals surface area contributed by atoms with Gasteiger partial charge in [-0.05, 0) is 66.4 Å². The molecule has 6 heteroatoms. The summed E-state index contributed by atoms with van der Waals surface area (Å²) in [6.07, 6.45) is 1.89. The molecule has 168 valence electrons. The topological polar surface area (TPSA) is 67.9 Å². The predicted molar refractivity (Wildman–Crippen MR) is 126 cm³/mol. The fraction of sp³-hybridized carbons (Fsp3) is 0.259. The molecule has 1 N–H and O–H groups in total. The zero-order valence-corrected chi connectivity index (χ0v) is 18.7. The number of rotatable bonds is 6. The van der Waals surface area contributed by atoms with Crippen molar-refractivity contribution >= 4 is 17.5 Å². The summed E-state index contributed by atoms with van der Waals surface area (Å²) in [4.78, 5) is 29.3. The van der Waals surface area contributed by atoms with Crippen LogP contribution >= 0.6 is 0 Å². The van der Waals surface area contributed by atoms with Crippen LogP contribution in [-0.2, 0) is 4.79 Å². The summed E-state index contributed by atoms with van der Waals surface area (Å²) < 4.78 is 10.7. The Kier molecular flexibility index (Phi) is 5.50. The number of ether oxygens (including phenoxy) is 2. The summed E-state index contributed by atoms with van der Waals surface area (Å²) >= 11 is 0. The molecule has 6 nitrogen and oxygen atoms in total. The highest BCUT2D eigenvalue weighted by atomic mass is 16.5. The molecule has 0 unspecified atom stereocenters. The van der Waals surface area contributed by atoms with Gasteiger partial charge < -0.3 is 19.7 Å². The Balaban J connectivity index is 1.60. The van der Waals surface area contributed by atoms with Gasteiger partial charge in [-0.15, -0.1) is 0 Å². The van der Waals surface area contributed by atoms with Gasteiger partial charge in [-0.2, -0.15) is 0 Å². The number of benzene rings is 3. The molecule has 0 bridgehead atoms. The molecule has 0 radical (unpaired) electrons. The lowest BCUT2D eigenvalue weighted by atomic mass is 9.79. The molecule has 2 amide bonds. The molecular weight excluding hydrogens is 416 g/mol. The zero-order chi connectivity index (χ0) is 22.9. The minimum atomic E-state index is -0.561. The van der Waals surface area contributed by atoms with Crippen LogP contribution in [0.15, 0.2) is 72.8 Å². The number of methoxy groups -OCH3 is 2. The van der Waals surface area contributed by atoms with E-state index in [0.29, 0.717) is 17.0 Å². The second-order valence-electron chi connectivity index (χ2n) is 8.45. The summed E-state index contributed by atoms with van der Waals surface area (Å²) in [5.41, 5.74) is 2.91. The number of amides is 2. The van der Waals surface area contributed by atoms with E-state index in [1.807, 2.05) is 77.7 Å². The number of carbonyl (C=O) groups is 2. The first kappa shape index (κ1) is 21.1. The van der Waals surface area contributed by atoms with Gasteiger partial charge in [0.05, 0.1) is 26.2 Å². The van der Waals surface area contributed by atoms with E-state index in [9.17, 15) is 9.59 Å². The lowest BCUT2D eigenvalue weighted by Crippen LogP contribution is -2.47. The van der Waals surface area contributed by atoms with Gasteiger partial charge in [-0.1, -0.05) is 30.3 Å². The van der Waals surface area contributed by atoms with Crippen molar-refractivity contribution in [2.45, 2.75) is 30.8 Å². The van der Waals surface area contributed by atoms with Crippen molar-refractivity contribution in [3.63, 3.8) is 0 Å². The van der Waals surface area contributed by atoms with Crippen molar-refractivity contribution in [2.24, 2.45) is 0 Å². The number of carbonyl (C=O) groups excluding carboxylic acids is 2. The summed E-state index contributed by atoms with van der Waals surface area (Å²) in [5, 5.41) is 3.06. The molecule has 1 aliphatic heterocycles. The van der Waals surface area contributed by atoms with Crippen LogP contribution in [0.1, 0.15) is 46.3 Å². The van der Waals surface area contributed by atoms with E-state index < -0.39 is 12.0 Å². The van der Waals surface area contributed by atoms with E-state index >= 15 is 0 Å². The van der Waals surface area contributed by atoms with E-state index in [1.165, 1.54) is 0 Å². The molecule has 0 spiro atoms. The SMILES string of the molecule is COc1ccc(NC(=O)[C@@H]2c3ccccc3C(=O)N(C3CC3)[C@H]2c2cccc(OC)c2)cc1. The Morgan fingerprint density at radius 1 is 0.909 bits per heavy atom. The molecule has 1 heterocycles. The van der Waals surface area contributed by atoms with E-state index in [1.54, 1.807) is 14.2 Å². The quantitative estimate of drug-likeness (QED) is 0.596. The van der Waals surface area contributed by atoms with Gasteiger partial charge in [0.1, 0.15) is 11.5 Å². The average Bonchev–Trinajstić information content (AvgIpc) is 3.69. The van der Waals surface area contributed by atoms with Crippen LogP contribution in [0.2, 0.25) is 0 Å². The normalized spacial score (nSPS) is 19.6. The van der Waals surface area contributed by atoms with Crippen LogP contribution in [0.4, 0.5) is 5.69 Å². The lowest BCUT2D eigenvalue weighted by Gasteiger charge is -2.42. The molecule has 0 aromatic heterocycles. The Bertz CT molecular complexity index is 1190. The highest BCUT2D eigenvalue weighted by Crippen LogP contribution is 2.48. The van der Waals surface area contributed by atoms with Gasteiger partial charge >= 0.3 is 0 Å². The molecule has 1 saturated carbocycles. The largest absolute Gasteiger partial charge is 0.497 e. The molecule has 1 fully saturated rings. The van der Waals surface area contributed by atoms with Crippen molar-refractivity contribution in [1.82, 2.24) is 4.90 Å². The maximum absolute atomic E-state index is 13.8. The molecule has 3 aromatic carbocycles. The van der Waals surface area contributed by atoms with E-state index in [0.717, 1.165) is 29.7 Å². The molecule has 33 heavy (non-hydrogen) atoms. The Morgan fingerprint density at radius 3 is 2.33 bits per heavy atom. The van der Waals surface area contributed by atoms with Crippen LogP contribution in [-0.4, -0.2) is 37.0 Å². The number of nitrogens with one attached hydrogen (secondary N) is 1. The number of nitrogens with zero attached hydrogens (tertiary/aromatic N) is 1. The minimum Gasteiger partial charge on any atom is -0.497 e. The van der Waals surface area contributed by atoms with Crippen LogP contribution in [0.25, 0.3) is 0 Å². The summed E-state index contributed by atoms with van der Waals surface area (Å²) in [5.74, 6) is 0.682. The molecule has 2 aliphatic rings. The van der Waals surface area contributed by atoms with Crippen molar-refractivity contribution < 1.29 is 19.1 Å². The minimum absolute atomic E-state index is 0.0191. The Morgan fingerprint density at radius 2 is 1.64 bits per heavy atom. The third kappa shape index (κ3) is 3.93. The van der Waals surface area contributed by atoms with Gasteiger partial charge in [0.15, 0.2) is 0 Å². The predicted octanol–water partition coefficient (Wildman–Crippen LogP) is 4.79. The fourth-order valence-electron chi connectivity index (χ4n) is 4.66. The van der Waals surface area contributed by atoms with E-state index in [-0.39, 0.29) is 17.9 Å². The number of anilines is 1.